The lowest BCUT2D eigenvalue weighted by atomic mass is 10.3. The molecule has 0 aliphatic rings. The van der Waals surface area contributed by atoms with Crippen LogP contribution in [0.1, 0.15) is 10.4 Å². The Kier molecular flexibility index (Phi) is 4.51. The summed E-state index contributed by atoms with van der Waals surface area (Å²) in [5.74, 6) is 0.140. The van der Waals surface area contributed by atoms with Crippen LogP contribution in [0.25, 0.3) is 17.0 Å². The van der Waals surface area contributed by atoms with Crippen LogP contribution in [-0.2, 0) is 0 Å². The summed E-state index contributed by atoms with van der Waals surface area (Å²) in [6.07, 6.45) is 2.67. The van der Waals surface area contributed by atoms with E-state index >= 15 is 0 Å². The molecule has 2 aromatic carbocycles. The first-order valence-corrected chi connectivity index (χ1v) is 9.02. The smallest absolute Gasteiger partial charge is 0.338 e. The Morgan fingerprint density at radius 2 is 2.19 bits per heavy atom. The highest BCUT2D eigenvalue weighted by atomic mass is 35.5. The standard InChI is InChI=1S/C18H13ClN4O3S/c1-26-11-3-2-4-12(5-11)27-16-7-15-14(6-13(16)19)21-18(22-15)23-9-10(8-20-23)17(24)25/h2-9H,1H3,(H,21,22)(H,24,25). The molecule has 0 aliphatic carbocycles. The number of benzene rings is 2. The molecule has 0 fully saturated rings. The molecule has 2 aromatic heterocycles. The molecular weight excluding hydrogens is 388 g/mol. The number of hydrogen-bond donors (Lipinski definition) is 2. The van der Waals surface area contributed by atoms with E-state index in [4.69, 9.17) is 21.4 Å². The number of carbonyl (C=O) groups is 1. The Labute approximate surface area is 162 Å². The summed E-state index contributed by atoms with van der Waals surface area (Å²) in [4.78, 5) is 20.4. The molecule has 0 saturated carbocycles. The van der Waals surface area contributed by atoms with Gasteiger partial charge in [0.15, 0.2) is 0 Å². The van der Waals surface area contributed by atoms with Gasteiger partial charge < -0.3 is 14.8 Å². The number of nitrogens with zero attached hydrogens (tertiary/aromatic N) is 3. The third-order valence-electron chi connectivity index (χ3n) is 3.84. The van der Waals surface area contributed by atoms with Crippen LogP contribution < -0.4 is 4.74 Å². The summed E-state index contributed by atoms with van der Waals surface area (Å²) in [5, 5.41) is 13.6. The molecule has 27 heavy (non-hydrogen) atoms. The zero-order chi connectivity index (χ0) is 19.0. The third-order valence-corrected chi connectivity index (χ3v) is 5.31. The van der Waals surface area contributed by atoms with Gasteiger partial charge in [-0.05, 0) is 30.3 Å². The van der Waals surface area contributed by atoms with Crippen molar-refractivity contribution in [1.82, 2.24) is 19.7 Å². The fourth-order valence-electron chi connectivity index (χ4n) is 2.53. The lowest BCUT2D eigenvalue weighted by Crippen LogP contribution is -1.97. The summed E-state index contributed by atoms with van der Waals surface area (Å²) in [7, 11) is 1.62. The van der Waals surface area contributed by atoms with Gasteiger partial charge in [-0.25, -0.2) is 14.5 Å². The number of carboxylic acid groups (broad SMARTS) is 1. The van der Waals surface area contributed by atoms with Gasteiger partial charge in [-0.15, -0.1) is 0 Å². The maximum absolute atomic E-state index is 11.0. The van der Waals surface area contributed by atoms with E-state index in [-0.39, 0.29) is 5.56 Å². The van der Waals surface area contributed by atoms with Crippen LogP contribution in [0.15, 0.2) is 58.6 Å². The molecule has 7 nitrogen and oxygen atoms in total. The minimum absolute atomic E-state index is 0.0859. The highest BCUT2D eigenvalue weighted by Crippen LogP contribution is 2.36. The topological polar surface area (TPSA) is 93.0 Å². The lowest BCUT2D eigenvalue weighted by Gasteiger charge is -2.06. The SMILES string of the molecule is COc1cccc(Sc2cc3nc(-n4cc(C(=O)O)cn4)[nH]c3cc2Cl)c1. The second-order valence-electron chi connectivity index (χ2n) is 5.62. The van der Waals surface area contributed by atoms with Crippen LogP contribution in [0.5, 0.6) is 5.75 Å². The maximum Gasteiger partial charge on any atom is 0.338 e. The summed E-state index contributed by atoms with van der Waals surface area (Å²) in [5.41, 5.74) is 1.52. The predicted octanol–water partition coefficient (Wildman–Crippen LogP) is 4.26. The van der Waals surface area contributed by atoms with E-state index in [0.29, 0.717) is 16.5 Å². The third kappa shape index (κ3) is 3.49. The van der Waals surface area contributed by atoms with Gasteiger partial charge in [-0.3, -0.25) is 0 Å². The number of aromatic amines is 1. The number of aromatic carboxylic acids is 1. The van der Waals surface area contributed by atoms with Gasteiger partial charge in [0, 0.05) is 16.0 Å². The molecule has 2 N–H and O–H groups in total. The fourth-order valence-corrected chi connectivity index (χ4v) is 3.71. The molecule has 0 bridgehead atoms. The zero-order valence-electron chi connectivity index (χ0n) is 14.0. The van der Waals surface area contributed by atoms with E-state index in [1.165, 1.54) is 28.8 Å². The molecule has 0 saturated heterocycles. The van der Waals surface area contributed by atoms with E-state index in [2.05, 4.69) is 15.1 Å². The van der Waals surface area contributed by atoms with E-state index in [0.717, 1.165) is 21.1 Å². The highest BCUT2D eigenvalue weighted by Gasteiger charge is 2.13. The molecule has 2 heterocycles. The summed E-state index contributed by atoms with van der Waals surface area (Å²) in [6, 6.07) is 11.4. The number of imidazole rings is 1. The number of H-pyrrole nitrogens is 1. The van der Waals surface area contributed by atoms with Gasteiger partial charge in [0.25, 0.3) is 0 Å². The van der Waals surface area contributed by atoms with Crippen LogP contribution >= 0.6 is 23.4 Å². The average Bonchev–Trinajstić information content (AvgIpc) is 3.29. The minimum atomic E-state index is -1.04. The maximum atomic E-state index is 11.0. The first kappa shape index (κ1) is 17.4. The number of ether oxygens (including phenoxy) is 1. The Morgan fingerprint density at radius 1 is 1.33 bits per heavy atom. The Morgan fingerprint density at radius 3 is 2.93 bits per heavy atom. The Bertz CT molecular complexity index is 1150. The number of halogens is 1. The number of nitrogens with one attached hydrogen (secondary N) is 1. The summed E-state index contributed by atoms with van der Waals surface area (Å²) >= 11 is 7.93. The monoisotopic (exact) mass is 400 g/mol. The number of hydrogen-bond acceptors (Lipinski definition) is 5. The van der Waals surface area contributed by atoms with E-state index < -0.39 is 5.97 Å². The van der Waals surface area contributed by atoms with Crippen LogP contribution in [0.4, 0.5) is 0 Å². The van der Waals surface area contributed by atoms with Gasteiger partial charge >= 0.3 is 5.97 Å². The van der Waals surface area contributed by atoms with Crippen molar-refractivity contribution in [2.24, 2.45) is 0 Å². The van der Waals surface area contributed by atoms with Crippen molar-refractivity contribution in [2.45, 2.75) is 9.79 Å². The molecule has 0 radical (unpaired) electrons. The van der Waals surface area contributed by atoms with Gasteiger partial charge in [0.2, 0.25) is 5.95 Å². The molecule has 0 amide bonds. The van der Waals surface area contributed by atoms with Crippen molar-refractivity contribution in [3.05, 3.63) is 59.4 Å². The van der Waals surface area contributed by atoms with Gasteiger partial charge in [0.1, 0.15) is 5.75 Å². The first-order valence-electron chi connectivity index (χ1n) is 7.83. The van der Waals surface area contributed by atoms with Crippen molar-refractivity contribution in [3.63, 3.8) is 0 Å². The predicted molar refractivity (Wildman–Crippen MR) is 102 cm³/mol. The number of carboxylic acids is 1. The molecule has 4 rings (SSSR count). The number of aromatic nitrogens is 4. The Hall–Kier alpha value is -2.97. The lowest BCUT2D eigenvalue weighted by molar-refractivity contribution is 0.0697. The number of rotatable bonds is 5. The second-order valence-corrected chi connectivity index (χ2v) is 7.14. The van der Waals surface area contributed by atoms with E-state index in [1.54, 1.807) is 13.2 Å². The average molecular weight is 401 g/mol. The Balaban J connectivity index is 1.69. The zero-order valence-corrected chi connectivity index (χ0v) is 15.6. The van der Waals surface area contributed by atoms with E-state index in [9.17, 15) is 4.79 Å². The molecular formula is C18H13ClN4O3S. The number of fused-ring (bicyclic) bond motifs is 1. The van der Waals surface area contributed by atoms with Crippen LogP contribution in [0, 0.1) is 0 Å². The molecule has 4 aromatic rings. The first-order chi connectivity index (χ1) is 13.0. The van der Waals surface area contributed by atoms with Crippen molar-refractivity contribution >= 4 is 40.4 Å². The quantitative estimate of drug-likeness (QED) is 0.520. The molecule has 9 heteroatoms. The van der Waals surface area contributed by atoms with Crippen LogP contribution in [0.3, 0.4) is 0 Å². The van der Waals surface area contributed by atoms with Crippen molar-refractivity contribution < 1.29 is 14.6 Å². The molecule has 0 spiro atoms. The molecule has 136 valence electrons. The van der Waals surface area contributed by atoms with Crippen molar-refractivity contribution in [2.75, 3.05) is 7.11 Å². The largest absolute Gasteiger partial charge is 0.497 e. The van der Waals surface area contributed by atoms with Crippen LogP contribution in [0.2, 0.25) is 5.02 Å². The van der Waals surface area contributed by atoms with Crippen molar-refractivity contribution in [3.8, 4) is 11.7 Å². The highest BCUT2D eigenvalue weighted by molar-refractivity contribution is 7.99. The summed E-state index contributed by atoms with van der Waals surface area (Å²) < 4.78 is 6.63. The number of methoxy groups -OCH3 is 1. The fraction of sp³-hybridized carbons (Fsp3) is 0.0556. The van der Waals surface area contributed by atoms with Gasteiger partial charge in [-0.2, -0.15) is 5.10 Å². The molecule has 0 unspecified atom stereocenters. The molecule has 0 aliphatic heterocycles. The van der Waals surface area contributed by atoms with Crippen molar-refractivity contribution in [1.29, 1.82) is 0 Å². The van der Waals surface area contributed by atoms with Gasteiger partial charge in [0.05, 0.1) is 34.9 Å². The summed E-state index contributed by atoms with van der Waals surface area (Å²) in [6.45, 7) is 0. The van der Waals surface area contributed by atoms with Crippen LogP contribution in [-0.4, -0.2) is 37.9 Å². The van der Waals surface area contributed by atoms with E-state index in [1.807, 2.05) is 30.3 Å². The minimum Gasteiger partial charge on any atom is -0.497 e. The van der Waals surface area contributed by atoms with Gasteiger partial charge in [-0.1, -0.05) is 29.4 Å². The normalized spacial score (nSPS) is 11.0. The second kappa shape index (κ2) is 6.98. The molecule has 0 atom stereocenters.